The molecule has 0 amide bonds. The van der Waals surface area contributed by atoms with Gasteiger partial charge in [0, 0.05) is 6.54 Å². The quantitative estimate of drug-likeness (QED) is 0.806. The Balaban J connectivity index is 2.20. The lowest BCUT2D eigenvalue weighted by Crippen LogP contribution is -2.34. The summed E-state index contributed by atoms with van der Waals surface area (Å²) in [6.45, 7) is 2.45. The number of nitrogens with two attached hydrogens (primary N) is 1. The molecule has 1 aliphatic carbocycles. The molecule has 0 spiro atoms. The van der Waals surface area contributed by atoms with E-state index in [0.29, 0.717) is 6.54 Å². The van der Waals surface area contributed by atoms with Gasteiger partial charge in [0.05, 0.1) is 10.2 Å². The Morgan fingerprint density at radius 3 is 2.60 bits per heavy atom. The highest BCUT2D eigenvalue weighted by Gasteiger charge is 2.31. The first-order valence-corrected chi connectivity index (χ1v) is 8.75. The molecule has 0 saturated heterocycles. The molecule has 0 aliphatic heterocycles. The number of halogens is 2. The highest BCUT2D eigenvalue weighted by molar-refractivity contribution is 9.10. The van der Waals surface area contributed by atoms with E-state index >= 15 is 0 Å². The van der Waals surface area contributed by atoms with Crippen molar-refractivity contribution in [2.24, 2.45) is 5.41 Å². The molecule has 20 heavy (non-hydrogen) atoms. The zero-order chi connectivity index (χ0) is 15.0. The summed E-state index contributed by atoms with van der Waals surface area (Å²) < 4.78 is 40.5. The summed E-state index contributed by atoms with van der Waals surface area (Å²) in [4.78, 5) is -0.0904. The summed E-state index contributed by atoms with van der Waals surface area (Å²) in [5, 5.41) is 0. The molecule has 3 N–H and O–H groups in total. The van der Waals surface area contributed by atoms with Gasteiger partial charge >= 0.3 is 0 Å². The summed E-state index contributed by atoms with van der Waals surface area (Å²) in [5.41, 5.74) is 5.52. The topological polar surface area (TPSA) is 72.2 Å². The monoisotopic (exact) mass is 364 g/mol. The molecule has 0 bridgehead atoms. The van der Waals surface area contributed by atoms with Crippen molar-refractivity contribution in [2.45, 2.75) is 37.5 Å². The minimum absolute atomic E-state index is 0.000898. The zero-order valence-electron chi connectivity index (χ0n) is 11.2. The van der Waals surface area contributed by atoms with E-state index in [1.165, 1.54) is 6.07 Å². The highest BCUT2D eigenvalue weighted by atomic mass is 79.9. The maximum Gasteiger partial charge on any atom is 0.242 e. The van der Waals surface area contributed by atoms with Crippen molar-refractivity contribution < 1.29 is 12.8 Å². The fourth-order valence-corrected chi connectivity index (χ4v) is 4.36. The van der Waals surface area contributed by atoms with Gasteiger partial charge in [0.25, 0.3) is 0 Å². The largest absolute Gasteiger partial charge is 0.398 e. The van der Waals surface area contributed by atoms with Crippen molar-refractivity contribution in [3.63, 3.8) is 0 Å². The van der Waals surface area contributed by atoms with Crippen molar-refractivity contribution in [2.75, 3.05) is 12.3 Å². The Hall–Kier alpha value is -0.660. The van der Waals surface area contributed by atoms with Gasteiger partial charge in [-0.2, -0.15) is 0 Å². The second kappa shape index (κ2) is 5.61. The molecule has 1 aliphatic rings. The zero-order valence-corrected chi connectivity index (χ0v) is 13.7. The first-order valence-electron chi connectivity index (χ1n) is 6.48. The Labute approximate surface area is 127 Å². The minimum atomic E-state index is -3.73. The number of anilines is 1. The number of benzene rings is 1. The van der Waals surface area contributed by atoms with E-state index in [4.69, 9.17) is 5.73 Å². The average molecular weight is 365 g/mol. The van der Waals surface area contributed by atoms with Crippen LogP contribution in [0.2, 0.25) is 0 Å². The molecule has 0 heterocycles. The average Bonchev–Trinajstić information content (AvgIpc) is 2.79. The van der Waals surface area contributed by atoms with Gasteiger partial charge in [0.2, 0.25) is 10.0 Å². The molecule has 1 saturated carbocycles. The van der Waals surface area contributed by atoms with Crippen molar-refractivity contribution in [3.05, 3.63) is 22.4 Å². The van der Waals surface area contributed by atoms with Crippen LogP contribution in [0.5, 0.6) is 0 Å². The van der Waals surface area contributed by atoms with Gasteiger partial charge in [-0.15, -0.1) is 0 Å². The number of nitrogens with one attached hydrogen (secondary N) is 1. The summed E-state index contributed by atoms with van der Waals surface area (Å²) in [6, 6.07) is 2.21. The number of rotatable bonds is 4. The number of hydrogen-bond donors (Lipinski definition) is 2. The fraction of sp³-hybridized carbons (Fsp3) is 0.538. The normalized spacial score (nSPS) is 18.4. The van der Waals surface area contributed by atoms with Crippen LogP contribution in [0.25, 0.3) is 0 Å². The van der Waals surface area contributed by atoms with E-state index in [1.807, 2.05) is 0 Å². The van der Waals surface area contributed by atoms with Gasteiger partial charge in [0.1, 0.15) is 10.7 Å². The van der Waals surface area contributed by atoms with E-state index in [1.54, 1.807) is 0 Å². The van der Waals surface area contributed by atoms with Crippen LogP contribution in [0.4, 0.5) is 10.1 Å². The molecule has 4 nitrogen and oxygen atoms in total. The fourth-order valence-electron chi connectivity index (χ4n) is 2.53. The van der Waals surface area contributed by atoms with E-state index in [0.717, 1.165) is 31.7 Å². The smallest absolute Gasteiger partial charge is 0.242 e. The van der Waals surface area contributed by atoms with Gasteiger partial charge < -0.3 is 5.73 Å². The molecule has 112 valence electrons. The molecular formula is C13H18BrFN2O2S. The molecule has 7 heteroatoms. The third-order valence-electron chi connectivity index (χ3n) is 3.84. The number of sulfonamides is 1. The molecule has 1 fully saturated rings. The Morgan fingerprint density at radius 2 is 2.00 bits per heavy atom. The molecule has 0 radical (unpaired) electrons. The van der Waals surface area contributed by atoms with Crippen LogP contribution in [0, 0.1) is 11.2 Å². The first-order chi connectivity index (χ1) is 9.23. The van der Waals surface area contributed by atoms with Crippen LogP contribution in [0.15, 0.2) is 21.5 Å². The Bertz CT molecular complexity index is 613. The van der Waals surface area contributed by atoms with Crippen LogP contribution in [0.1, 0.15) is 32.6 Å². The van der Waals surface area contributed by atoms with Crippen molar-refractivity contribution >= 4 is 31.6 Å². The van der Waals surface area contributed by atoms with E-state index in [2.05, 4.69) is 27.6 Å². The second-order valence-corrected chi connectivity index (χ2v) is 8.24. The molecule has 0 unspecified atom stereocenters. The lowest BCUT2D eigenvalue weighted by molar-refractivity contribution is 0.336. The lowest BCUT2D eigenvalue weighted by atomic mass is 9.89. The predicted molar refractivity (Wildman–Crippen MR) is 80.3 cm³/mol. The summed E-state index contributed by atoms with van der Waals surface area (Å²) in [6.07, 6.45) is 4.28. The first kappa shape index (κ1) is 15.7. The van der Waals surface area contributed by atoms with Gasteiger partial charge in [-0.3, -0.25) is 0 Å². The molecule has 1 aromatic carbocycles. The second-order valence-electron chi connectivity index (χ2n) is 5.65. The molecule has 1 aromatic rings. The maximum absolute atomic E-state index is 13.3. The third kappa shape index (κ3) is 3.32. The third-order valence-corrected chi connectivity index (χ3v) is 5.91. The van der Waals surface area contributed by atoms with Gasteiger partial charge in [-0.1, -0.05) is 19.8 Å². The van der Waals surface area contributed by atoms with Crippen molar-refractivity contribution in [3.8, 4) is 0 Å². The summed E-state index contributed by atoms with van der Waals surface area (Å²) in [7, 11) is -3.73. The van der Waals surface area contributed by atoms with Crippen LogP contribution in [-0.4, -0.2) is 15.0 Å². The Morgan fingerprint density at radius 1 is 1.40 bits per heavy atom. The lowest BCUT2D eigenvalue weighted by Gasteiger charge is -2.23. The molecular weight excluding hydrogens is 347 g/mol. The highest BCUT2D eigenvalue weighted by Crippen LogP contribution is 2.37. The van der Waals surface area contributed by atoms with E-state index < -0.39 is 15.8 Å². The van der Waals surface area contributed by atoms with Crippen LogP contribution in [-0.2, 0) is 10.0 Å². The van der Waals surface area contributed by atoms with Crippen LogP contribution in [0.3, 0.4) is 0 Å². The van der Waals surface area contributed by atoms with Gasteiger partial charge in [-0.05, 0) is 46.3 Å². The van der Waals surface area contributed by atoms with Crippen LogP contribution < -0.4 is 10.5 Å². The minimum Gasteiger partial charge on any atom is -0.398 e. The number of nitrogen functional groups attached to an aromatic ring is 1. The molecule has 2 rings (SSSR count). The molecule has 0 aromatic heterocycles. The molecule has 0 atom stereocenters. The Kier molecular flexibility index (Phi) is 4.41. The van der Waals surface area contributed by atoms with Crippen molar-refractivity contribution in [1.82, 2.24) is 4.72 Å². The van der Waals surface area contributed by atoms with Crippen molar-refractivity contribution in [1.29, 1.82) is 0 Å². The predicted octanol–water partition coefficient (Wildman–Crippen LogP) is 3.03. The van der Waals surface area contributed by atoms with Gasteiger partial charge in [0.15, 0.2) is 0 Å². The van der Waals surface area contributed by atoms with E-state index in [9.17, 15) is 12.8 Å². The standard InChI is InChI=1S/C13H18BrFN2O2S/c1-13(4-2-3-5-13)8-17-20(18,19)12-6-9(14)10(15)7-11(12)16/h6-7,17H,2-5,8,16H2,1H3. The van der Waals surface area contributed by atoms with Crippen LogP contribution >= 0.6 is 15.9 Å². The van der Waals surface area contributed by atoms with E-state index in [-0.39, 0.29) is 20.5 Å². The summed E-state index contributed by atoms with van der Waals surface area (Å²) >= 11 is 2.98. The SMILES string of the molecule is CC1(CNS(=O)(=O)c2cc(Br)c(F)cc2N)CCCC1. The maximum atomic E-state index is 13.3. The van der Waals surface area contributed by atoms with Gasteiger partial charge in [-0.25, -0.2) is 17.5 Å². The number of hydrogen-bond acceptors (Lipinski definition) is 3. The summed E-state index contributed by atoms with van der Waals surface area (Å²) in [5.74, 6) is -0.579.